The number of carbonyl (C=O) groups is 4. The highest BCUT2D eigenvalue weighted by Crippen LogP contribution is 2.28. The van der Waals surface area contributed by atoms with Crippen molar-refractivity contribution < 1.29 is 28.7 Å². The number of methoxy groups -OCH3 is 1. The standard InChI is InChI=1S/C26H19Cl2N3O6/c1-36-17-9-7-16(8-10-17)31-25(34)18(24(33)30-26(31)35)12-15-6-11-22(20(28)13-15)37-14-23(32)29-21-5-3-2-4-19(21)27/h2-13H,14H2,1H3,(H,29,32)(H,30,33,35)/b18-12+. The molecular formula is C26H19Cl2N3O6. The number of urea groups is 1. The minimum Gasteiger partial charge on any atom is -0.497 e. The molecule has 5 amide bonds. The van der Waals surface area contributed by atoms with Gasteiger partial charge in [0.25, 0.3) is 17.7 Å². The molecule has 3 aromatic carbocycles. The number of carbonyl (C=O) groups excluding carboxylic acids is 4. The summed E-state index contributed by atoms with van der Waals surface area (Å²) >= 11 is 12.3. The van der Waals surface area contributed by atoms with Gasteiger partial charge in [0.05, 0.1) is 28.5 Å². The summed E-state index contributed by atoms with van der Waals surface area (Å²) in [5.41, 5.74) is 0.849. The molecule has 0 atom stereocenters. The van der Waals surface area contributed by atoms with Crippen LogP contribution in [-0.2, 0) is 14.4 Å². The average Bonchev–Trinajstić information content (AvgIpc) is 2.87. The SMILES string of the molecule is COc1ccc(N2C(=O)NC(=O)/C(=C\c3ccc(OCC(=O)Nc4ccccc4Cl)c(Cl)c3)C2=O)cc1. The summed E-state index contributed by atoms with van der Waals surface area (Å²) in [6.07, 6.45) is 1.31. The van der Waals surface area contributed by atoms with Crippen molar-refractivity contribution in [3.63, 3.8) is 0 Å². The Morgan fingerprint density at radius 2 is 1.73 bits per heavy atom. The fourth-order valence-electron chi connectivity index (χ4n) is 3.41. The quantitative estimate of drug-likeness (QED) is 0.332. The summed E-state index contributed by atoms with van der Waals surface area (Å²) in [5.74, 6) is -1.33. The Morgan fingerprint density at radius 1 is 1.00 bits per heavy atom. The Hall–Kier alpha value is -4.34. The van der Waals surface area contributed by atoms with Gasteiger partial charge in [0.15, 0.2) is 6.61 Å². The van der Waals surface area contributed by atoms with Crippen molar-refractivity contribution in [1.82, 2.24) is 5.32 Å². The number of nitrogens with zero attached hydrogens (tertiary/aromatic N) is 1. The zero-order valence-corrected chi connectivity index (χ0v) is 20.8. The molecule has 1 saturated heterocycles. The van der Waals surface area contributed by atoms with E-state index in [1.807, 2.05) is 0 Å². The smallest absolute Gasteiger partial charge is 0.335 e. The number of nitrogens with one attached hydrogen (secondary N) is 2. The zero-order chi connectivity index (χ0) is 26.5. The van der Waals surface area contributed by atoms with Gasteiger partial charge < -0.3 is 14.8 Å². The number of anilines is 2. The lowest BCUT2D eigenvalue weighted by atomic mass is 10.1. The third-order valence-electron chi connectivity index (χ3n) is 5.21. The molecule has 0 bridgehead atoms. The lowest BCUT2D eigenvalue weighted by Crippen LogP contribution is -2.54. The van der Waals surface area contributed by atoms with Crippen LogP contribution in [0.25, 0.3) is 6.08 Å². The maximum atomic E-state index is 13.0. The molecule has 1 aliphatic rings. The Bertz CT molecular complexity index is 1420. The molecule has 0 aliphatic carbocycles. The van der Waals surface area contributed by atoms with Crippen molar-refractivity contribution >= 4 is 64.4 Å². The van der Waals surface area contributed by atoms with Crippen LogP contribution in [0.15, 0.2) is 72.3 Å². The molecular weight excluding hydrogens is 521 g/mol. The van der Waals surface area contributed by atoms with Crippen molar-refractivity contribution in [2.24, 2.45) is 0 Å². The predicted molar refractivity (Wildman–Crippen MR) is 139 cm³/mol. The van der Waals surface area contributed by atoms with Gasteiger partial charge in [0.1, 0.15) is 17.1 Å². The van der Waals surface area contributed by atoms with Gasteiger partial charge in [-0.25, -0.2) is 9.69 Å². The second kappa shape index (κ2) is 11.2. The van der Waals surface area contributed by atoms with E-state index in [-0.39, 0.29) is 28.6 Å². The molecule has 37 heavy (non-hydrogen) atoms. The maximum Gasteiger partial charge on any atom is 0.335 e. The van der Waals surface area contributed by atoms with Crippen LogP contribution in [0.4, 0.5) is 16.2 Å². The molecule has 188 valence electrons. The van der Waals surface area contributed by atoms with Crippen molar-refractivity contribution in [1.29, 1.82) is 0 Å². The van der Waals surface area contributed by atoms with Gasteiger partial charge in [-0.1, -0.05) is 41.4 Å². The molecule has 0 spiro atoms. The lowest BCUT2D eigenvalue weighted by Gasteiger charge is -2.26. The minimum atomic E-state index is -0.867. The molecule has 9 nitrogen and oxygen atoms in total. The number of rotatable bonds is 7. The van der Waals surface area contributed by atoms with E-state index in [1.54, 1.807) is 42.5 Å². The van der Waals surface area contributed by atoms with Crippen molar-refractivity contribution in [2.45, 2.75) is 0 Å². The number of hydrogen-bond donors (Lipinski definition) is 2. The molecule has 1 fully saturated rings. The number of para-hydroxylation sites is 1. The van der Waals surface area contributed by atoms with Crippen LogP contribution in [0.2, 0.25) is 10.0 Å². The van der Waals surface area contributed by atoms with Gasteiger partial charge in [-0.3, -0.25) is 19.7 Å². The molecule has 0 aromatic heterocycles. The van der Waals surface area contributed by atoms with Crippen LogP contribution in [0, 0.1) is 0 Å². The third-order valence-corrected chi connectivity index (χ3v) is 5.83. The molecule has 3 aromatic rings. The first-order valence-corrected chi connectivity index (χ1v) is 11.5. The predicted octanol–water partition coefficient (Wildman–Crippen LogP) is 4.69. The van der Waals surface area contributed by atoms with Gasteiger partial charge >= 0.3 is 6.03 Å². The number of ether oxygens (including phenoxy) is 2. The molecule has 4 rings (SSSR count). The van der Waals surface area contributed by atoms with Gasteiger partial charge in [0.2, 0.25) is 0 Å². The minimum absolute atomic E-state index is 0.145. The number of amides is 5. The molecule has 11 heteroatoms. The molecule has 0 radical (unpaired) electrons. The van der Waals surface area contributed by atoms with Crippen LogP contribution in [0.5, 0.6) is 11.5 Å². The summed E-state index contributed by atoms with van der Waals surface area (Å²) in [7, 11) is 1.49. The van der Waals surface area contributed by atoms with Gasteiger partial charge in [-0.05, 0) is 60.2 Å². The topological polar surface area (TPSA) is 114 Å². The van der Waals surface area contributed by atoms with E-state index in [2.05, 4.69) is 10.6 Å². The van der Waals surface area contributed by atoms with Crippen LogP contribution < -0.4 is 25.0 Å². The Labute approximate surface area is 221 Å². The number of imide groups is 2. The van der Waals surface area contributed by atoms with E-state index >= 15 is 0 Å². The van der Waals surface area contributed by atoms with E-state index in [0.29, 0.717) is 22.0 Å². The van der Waals surface area contributed by atoms with Crippen LogP contribution in [0.1, 0.15) is 5.56 Å². The van der Waals surface area contributed by atoms with E-state index in [1.165, 1.54) is 37.5 Å². The first kappa shape index (κ1) is 25.7. The van der Waals surface area contributed by atoms with Crippen molar-refractivity contribution in [2.75, 3.05) is 23.9 Å². The molecule has 1 aliphatic heterocycles. The second-order valence-electron chi connectivity index (χ2n) is 7.66. The molecule has 0 unspecified atom stereocenters. The summed E-state index contributed by atoms with van der Waals surface area (Å²) in [5, 5.41) is 5.32. The third kappa shape index (κ3) is 5.91. The Kier molecular flexibility index (Phi) is 7.76. The second-order valence-corrected chi connectivity index (χ2v) is 8.48. The number of hydrogen-bond acceptors (Lipinski definition) is 6. The van der Waals surface area contributed by atoms with Crippen LogP contribution in [0.3, 0.4) is 0 Å². The van der Waals surface area contributed by atoms with Crippen molar-refractivity contribution in [3.8, 4) is 11.5 Å². The highest BCUT2D eigenvalue weighted by Gasteiger charge is 2.36. The number of benzene rings is 3. The Balaban J connectivity index is 1.48. The maximum absolute atomic E-state index is 13.0. The van der Waals surface area contributed by atoms with E-state index in [9.17, 15) is 19.2 Å². The highest BCUT2D eigenvalue weighted by molar-refractivity contribution is 6.39. The fraction of sp³-hybridized carbons (Fsp3) is 0.0769. The van der Waals surface area contributed by atoms with E-state index in [4.69, 9.17) is 32.7 Å². The molecule has 2 N–H and O–H groups in total. The first-order valence-electron chi connectivity index (χ1n) is 10.8. The number of barbiturate groups is 1. The van der Waals surface area contributed by atoms with Crippen LogP contribution in [-0.4, -0.2) is 37.5 Å². The highest BCUT2D eigenvalue weighted by atomic mass is 35.5. The molecule has 1 heterocycles. The summed E-state index contributed by atoms with van der Waals surface area (Å²) in [4.78, 5) is 50.9. The van der Waals surface area contributed by atoms with Crippen LogP contribution >= 0.6 is 23.2 Å². The number of halogens is 2. The first-order chi connectivity index (χ1) is 17.8. The fourth-order valence-corrected chi connectivity index (χ4v) is 3.83. The summed E-state index contributed by atoms with van der Waals surface area (Å²) < 4.78 is 10.6. The average molecular weight is 540 g/mol. The lowest BCUT2D eigenvalue weighted by molar-refractivity contribution is -0.122. The summed E-state index contributed by atoms with van der Waals surface area (Å²) in [6, 6.07) is 16.6. The van der Waals surface area contributed by atoms with Gasteiger partial charge in [-0.2, -0.15) is 0 Å². The Morgan fingerprint density at radius 3 is 2.41 bits per heavy atom. The van der Waals surface area contributed by atoms with Crippen molar-refractivity contribution in [3.05, 3.63) is 87.9 Å². The normalized spacial score (nSPS) is 14.4. The largest absolute Gasteiger partial charge is 0.497 e. The van der Waals surface area contributed by atoms with E-state index in [0.717, 1.165) is 4.90 Å². The summed E-state index contributed by atoms with van der Waals surface area (Å²) in [6.45, 7) is -0.328. The monoisotopic (exact) mass is 539 g/mol. The zero-order valence-electron chi connectivity index (χ0n) is 19.3. The van der Waals surface area contributed by atoms with Gasteiger partial charge in [-0.15, -0.1) is 0 Å². The van der Waals surface area contributed by atoms with Gasteiger partial charge in [0, 0.05) is 0 Å². The molecule has 0 saturated carbocycles. The van der Waals surface area contributed by atoms with E-state index < -0.39 is 23.8 Å².